The van der Waals surface area contributed by atoms with Crippen molar-refractivity contribution in [2.45, 2.75) is 44.6 Å². The van der Waals surface area contributed by atoms with Crippen molar-refractivity contribution in [3.8, 4) is 6.07 Å². The molecule has 1 saturated carbocycles. The molecule has 0 aromatic rings. The topological polar surface area (TPSA) is 64.3 Å². The average Bonchev–Trinajstić information content (AvgIpc) is 3.00. The highest BCUT2D eigenvalue weighted by Crippen LogP contribution is 2.27. The highest BCUT2D eigenvalue weighted by molar-refractivity contribution is 5.66. The van der Waals surface area contributed by atoms with Crippen LogP contribution in [0.3, 0.4) is 0 Å². The molecule has 1 N–H and O–H groups in total. The normalized spacial score (nSPS) is 15.2. The predicted octanol–water partition coefficient (Wildman–Crippen LogP) is 1.62. The standard InChI is InChI=1S/C11H18N2O2/c12-7-3-9-13(10-5-6-10)8-2-1-4-11(14)15/h10H,1-6,8-9H2,(H,14,15). The molecule has 4 heteroatoms. The third kappa shape index (κ3) is 5.38. The molecule has 0 radical (unpaired) electrons. The third-order valence-corrected chi connectivity index (χ3v) is 2.66. The summed E-state index contributed by atoms with van der Waals surface area (Å²) in [5.74, 6) is -0.718. The number of hydrogen-bond acceptors (Lipinski definition) is 3. The summed E-state index contributed by atoms with van der Waals surface area (Å²) >= 11 is 0. The Morgan fingerprint density at radius 1 is 1.40 bits per heavy atom. The van der Waals surface area contributed by atoms with Gasteiger partial charge in [-0.2, -0.15) is 5.26 Å². The summed E-state index contributed by atoms with van der Waals surface area (Å²) in [6, 6.07) is 2.82. The summed E-state index contributed by atoms with van der Waals surface area (Å²) in [6.07, 6.45) is 4.99. The molecule has 0 heterocycles. The van der Waals surface area contributed by atoms with Crippen molar-refractivity contribution in [2.24, 2.45) is 0 Å². The van der Waals surface area contributed by atoms with Crippen LogP contribution in [0.4, 0.5) is 0 Å². The van der Waals surface area contributed by atoms with E-state index in [0.717, 1.165) is 25.9 Å². The molecule has 0 bridgehead atoms. The van der Waals surface area contributed by atoms with E-state index < -0.39 is 5.97 Å². The van der Waals surface area contributed by atoms with E-state index in [0.29, 0.717) is 12.5 Å². The Labute approximate surface area is 90.5 Å². The number of hydrogen-bond donors (Lipinski definition) is 1. The van der Waals surface area contributed by atoms with Crippen molar-refractivity contribution in [1.82, 2.24) is 4.90 Å². The van der Waals surface area contributed by atoms with Gasteiger partial charge in [0.2, 0.25) is 0 Å². The van der Waals surface area contributed by atoms with Gasteiger partial charge in [0.25, 0.3) is 0 Å². The van der Waals surface area contributed by atoms with Gasteiger partial charge in [0.1, 0.15) is 0 Å². The Kier molecular flexibility index (Phi) is 5.13. The molecule has 0 aromatic carbocycles. The highest BCUT2D eigenvalue weighted by atomic mass is 16.4. The molecule has 4 nitrogen and oxygen atoms in total. The fraction of sp³-hybridized carbons (Fsp3) is 0.818. The van der Waals surface area contributed by atoms with E-state index in [1.165, 1.54) is 12.8 Å². The van der Waals surface area contributed by atoms with E-state index in [1.807, 2.05) is 0 Å². The monoisotopic (exact) mass is 210 g/mol. The Balaban J connectivity index is 2.09. The van der Waals surface area contributed by atoms with E-state index >= 15 is 0 Å². The predicted molar refractivity (Wildman–Crippen MR) is 56.3 cm³/mol. The molecule has 0 atom stereocenters. The zero-order valence-corrected chi connectivity index (χ0v) is 8.98. The Hall–Kier alpha value is -1.08. The van der Waals surface area contributed by atoms with Crippen molar-refractivity contribution in [2.75, 3.05) is 13.1 Å². The Morgan fingerprint density at radius 2 is 2.13 bits per heavy atom. The highest BCUT2D eigenvalue weighted by Gasteiger charge is 2.27. The number of nitriles is 1. The second-order valence-corrected chi connectivity index (χ2v) is 4.03. The smallest absolute Gasteiger partial charge is 0.303 e. The molecule has 1 rings (SSSR count). The first-order chi connectivity index (χ1) is 7.24. The summed E-state index contributed by atoms with van der Waals surface area (Å²) in [5, 5.41) is 17.0. The molecule has 0 aromatic heterocycles. The van der Waals surface area contributed by atoms with E-state index in [4.69, 9.17) is 10.4 Å². The van der Waals surface area contributed by atoms with Gasteiger partial charge in [-0.25, -0.2) is 0 Å². The van der Waals surface area contributed by atoms with Crippen molar-refractivity contribution in [3.63, 3.8) is 0 Å². The van der Waals surface area contributed by atoms with Crippen LogP contribution in [-0.4, -0.2) is 35.1 Å². The van der Waals surface area contributed by atoms with Gasteiger partial charge >= 0.3 is 5.97 Å². The van der Waals surface area contributed by atoms with Crippen molar-refractivity contribution in [1.29, 1.82) is 5.26 Å². The molecule has 84 valence electrons. The van der Waals surface area contributed by atoms with Gasteiger partial charge in [0.15, 0.2) is 0 Å². The summed E-state index contributed by atoms with van der Waals surface area (Å²) in [6.45, 7) is 1.79. The van der Waals surface area contributed by atoms with Gasteiger partial charge in [-0.1, -0.05) is 0 Å². The van der Waals surface area contributed by atoms with E-state index in [-0.39, 0.29) is 6.42 Å². The fourth-order valence-electron chi connectivity index (χ4n) is 1.70. The minimum absolute atomic E-state index is 0.261. The second-order valence-electron chi connectivity index (χ2n) is 4.03. The molecule has 0 unspecified atom stereocenters. The van der Waals surface area contributed by atoms with Crippen molar-refractivity contribution >= 4 is 5.97 Å². The minimum Gasteiger partial charge on any atom is -0.481 e. The molecule has 1 aliphatic carbocycles. The first-order valence-corrected chi connectivity index (χ1v) is 5.57. The fourth-order valence-corrected chi connectivity index (χ4v) is 1.70. The maximum atomic E-state index is 10.3. The van der Waals surface area contributed by atoms with Gasteiger partial charge in [-0.05, 0) is 32.2 Å². The largest absolute Gasteiger partial charge is 0.481 e. The summed E-state index contributed by atoms with van der Waals surface area (Å²) in [5.41, 5.74) is 0. The van der Waals surface area contributed by atoms with Crippen LogP contribution < -0.4 is 0 Å². The molecular weight excluding hydrogens is 192 g/mol. The maximum absolute atomic E-state index is 10.3. The van der Waals surface area contributed by atoms with Crippen LogP contribution in [-0.2, 0) is 4.79 Å². The number of rotatable bonds is 8. The molecule has 0 amide bonds. The van der Waals surface area contributed by atoms with Gasteiger partial charge in [0.05, 0.1) is 6.07 Å². The Bertz CT molecular complexity index is 243. The van der Waals surface area contributed by atoms with E-state index in [9.17, 15) is 4.79 Å². The second kappa shape index (κ2) is 6.41. The maximum Gasteiger partial charge on any atom is 0.303 e. The lowest BCUT2D eigenvalue weighted by atomic mass is 10.2. The summed E-state index contributed by atoms with van der Waals surface area (Å²) < 4.78 is 0. The molecule has 15 heavy (non-hydrogen) atoms. The van der Waals surface area contributed by atoms with Crippen molar-refractivity contribution < 1.29 is 9.90 Å². The van der Waals surface area contributed by atoms with Gasteiger partial charge in [0, 0.05) is 25.4 Å². The first-order valence-electron chi connectivity index (χ1n) is 5.57. The minimum atomic E-state index is -0.718. The van der Waals surface area contributed by atoms with Gasteiger partial charge < -0.3 is 5.11 Å². The van der Waals surface area contributed by atoms with E-state index in [1.54, 1.807) is 0 Å². The van der Waals surface area contributed by atoms with Crippen LogP contribution in [0.15, 0.2) is 0 Å². The third-order valence-electron chi connectivity index (χ3n) is 2.66. The number of carboxylic acids is 1. The summed E-state index contributed by atoms with van der Waals surface area (Å²) in [4.78, 5) is 12.6. The zero-order valence-electron chi connectivity index (χ0n) is 8.98. The molecule has 1 aliphatic rings. The lowest BCUT2D eigenvalue weighted by Crippen LogP contribution is -2.28. The Morgan fingerprint density at radius 3 is 2.67 bits per heavy atom. The molecular formula is C11H18N2O2. The van der Waals surface area contributed by atoms with Crippen LogP contribution in [0.5, 0.6) is 0 Å². The number of carboxylic acid groups (broad SMARTS) is 1. The zero-order chi connectivity index (χ0) is 11.1. The number of unbranched alkanes of at least 4 members (excludes halogenated alkanes) is 1. The quantitative estimate of drug-likeness (QED) is 0.618. The van der Waals surface area contributed by atoms with Gasteiger partial charge in [-0.15, -0.1) is 0 Å². The molecule has 0 aliphatic heterocycles. The van der Waals surface area contributed by atoms with E-state index in [2.05, 4.69) is 11.0 Å². The summed E-state index contributed by atoms with van der Waals surface area (Å²) in [7, 11) is 0. The average molecular weight is 210 g/mol. The number of aliphatic carboxylic acids is 1. The van der Waals surface area contributed by atoms with Crippen LogP contribution in [0.2, 0.25) is 0 Å². The van der Waals surface area contributed by atoms with Crippen molar-refractivity contribution in [3.05, 3.63) is 0 Å². The number of carbonyl (C=O) groups is 1. The van der Waals surface area contributed by atoms with Crippen LogP contribution in [0, 0.1) is 11.3 Å². The lowest BCUT2D eigenvalue weighted by Gasteiger charge is -2.20. The molecule has 0 spiro atoms. The van der Waals surface area contributed by atoms with Crippen LogP contribution in [0.1, 0.15) is 38.5 Å². The molecule has 0 saturated heterocycles. The SMILES string of the molecule is N#CCCN(CCCCC(=O)O)C1CC1. The lowest BCUT2D eigenvalue weighted by molar-refractivity contribution is -0.137. The molecule has 1 fully saturated rings. The van der Waals surface area contributed by atoms with Gasteiger partial charge in [-0.3, -0.25) is 9.69 Å². The number of nitrogens with zero attached hydrogens (tertiary/aromatic N) is 2. The van der Waals surface area contributed by atoms with Crippen LogP contribution in [0.25, 0.3) is 0 Å². The van der Waals surface area contributed by atoms with Crippen LogP contribution >= 0.6 is 0 Å². The first kappa shape index (κ1) is 12.0.